The number of anilines is 3. The van der Waals surface area contributed by atoms with Gasteiger partial charge in [-0.05, 0) is 30.5 Å². The molecule has 0 fully saturated rings. The van der Waals surface area contributed by atoms with E-state index in [1.807, 2.05) is 12.1 Å². The number of carbonyl (C=O) groups is 1. The second kappa shape index (κ2) is 5.93. The zero-order valence-electron chi connectivity index (χ0n) is 11.5. The summed E-state index contributed by atoms with van der Waals surface area (Å²) in [6.45, 7) is 2.75. The number of nitrogens with two attached hydrogens (primary N) is 1. The Hall–Kier alpha value is -1.75. The van der Waals surface area contributed by atoms with E-state index >= 15 is 0 Å². The number of nitrogens with one attached hydrogen (secondary N) is 2. The van der Waals surface area contributed by atoms with E-state index in [2.05, 4.69) is 17.6 Å². The first kappa shape index (κ1) is 13.7. The van der Waals surface area contributed by atoms with Crippen LogP contribution in [0, 0.1) is 0 Å². The van der Waals surface area contributed by atoms with Gasteiger partial charge in [-0.15, -0.1) is 0 Å². The van der Waals surface area contributed by atoms with Gasteiger partial charge in [-0.25, -0.2) is 0 Å². The molecule has 0 saturated heterocycles. The number of amides is 1. The van der Waals surface area contributed by atoms with Crippen LogP contribution in [0.5, 0.6) is 0 Å². The van der Waals surface area contributed by atoms with Crippen molar-refractivity contribution in [2.75, 3.05) is 30.1 Å². The normalized spacial score (nSPS) is 15.6. The molecule has 2 rings (SSSR count). The quantitative estimate of drug-likeness (QED) is 0.710. The average molecular weight is 263 g/mol. The van der Waals surface area contributed by atoms with Gasteiger partial charge in [0, 0.05) is 25.3 Å². The molecule has 19 heavy (non-hydrogen) atoms. The lowest BCUT2D eigenvalue weighted by Crippen LogP contribution is -2.25. The molecule has 1 aliphatic heterocycles. The van der Waals surface area contributed by atoms with Crippen LogP contribution in [-0.4, -0.2) is 25.7 Å². The van der Waals surface area contributed by atoms with Gasteiger partial charge in [-0.2, -0.15) is 0 Å². The summed E-state index contributed by atoms with van der Waals surface area (Å²) in [5.41, 5.74) is 9.56. The number of hydrogen-bond donors (Lipinski definition) is 3. The Morgan fingerprint density at radius 3 is 2.95 bits per heavy atom. The molecule has 0 aliphatic carbocycles. The number of aryl methyl sites for hydroxylation is 1. The lowest BCUT2D eigenvalue weighted by atomic mass is 10.0. The largest absolute Gasteiger partial charge is 0.397 e. The number of carbonyl (C=O) groups excluding carboxylic acids is 1. The van der Waals surface area contributed by atoms with Crippen LogP contribution in [0.25, 0.3) is 0 Å². The third kappa shape index (κ3) is 3.17. The first-order valence-corrected chi connectivity index (χ1v) is 6.61. The number of rotatable bonds is 5. The molecule has 0 aromatic heterocycles. The van der Waals surface area contributed by atoms with Crippen molar-refractivity contribution in [1.29, 1.82) is 0 Å². The molecule has 1 unspecified atom stereocenters. The number of hydrogen-bond acceptors (Lipinski definition) is 4. The van der Waals surface area contributed by atoms with E-state index in [-0.39, 0.29) is 11.9 Å². The Balaban J connectivity index is 2.20. The van der Waals surface area contributed by atoms with E-state index in [0.717, 1.165) is 29.8 Å². The fourth-order valence-electron chi connectivity index (χ4n) is 2.25. The molecule has 0 saturated carbocycles. The summed E-state index contributed by atoms with van der Waals surface area (Å²) in [6.07, 6.45) is 2.25. The van der Waals surface area contributed by atoms with Gasteiger partial charge in [0.15, 0.2) is 0 Å². The van der Waals surface area contributed by atoms with Gasteiger partial charge in [0.1, 0.15) is 0 Å². The van der Waals surface area contributed by atoms with Crippen LogP contribution >= 0.6 is 0 Å². The van der Waals surface area contributed by atoms with Gasteiger partial charge in [0.05, 0.1) is 18.0 Å². The second-order valence-corrected chi connectivity index (χ2v) is 4.85. The maximum absolute atomic E-state index is 11.3. The van der Waals surface area contributed by atoms with Crippen molar-refractivity contribution in [3.05, 3.63) is 17.7 Å². The summed E-state index contributed by atoms with van der Waals surface area (Å²) in [7, 11) is 1.69. The second-order valence-electron chi connectivity index (χ2n) is 4.85. The molecule has 104 valence electrons. The van der Waals surface area contributed by atoms with Gasteiger partial charge in [-0.3, -0.25) is 4.79 Å². The summed E-state index contributed by atoms with van der Waals surface area (Å²) in [5, 5.41) is 6.25. The van der Waals surface area contributed by atoms with Gasteiger partial charge < -0.3 is 21.1 Å². The minimum atomic E-state index is 0.0541. The fourth-order valence-corrected chi connectivity index (χ4v) is 2.25. The van der Waals surface area contributed by atoms with E-state index in [4.69, 9.17) is 10.5 Å². The Bertz CT molecular complexity index is 474. The van der Waals surface area contributed by atoms with Crippen LogP contribution in [0.15, 0.2) is 12.1 Å². The summed E-state index contributed by atoms with van der Waals surface area (Å²) in [5.74, 6) is 0.0541. The molecule has 1 aromatic rings. The van der Waals surface area contributed by atoms with Gasteiger partial charge in [-0.1, -0.05) is 6.92 Å². The molecule has 1 amide bonds. The van der Waals surface area contributed by atoms with Crippen molar-refractivity contribution in [1.82, 2.24) is 0 Å². The molecule has 0 bridgehead atoms. The predicted octanol–water partition coefficient (Wildman–Crippen LogP) is 1.99. The zero-order chi connectivity index (χ0) is 13.8. The first-order chi connectivity index (χ1) is 9.13. The molecular formula is C14H21N3O2. The lowest BCUT2D eigenvalue weighted by Gasteiger charge is -2.23. The average Bonchev–Trinajstić information content (AvgIpc) is 2.39. The maximum atomic E-state index is 11.3. The topological polar surface area (TPSA) is 76.4 Å². The van der Waals surface area contributed by atoms with Crippen LogP contribution in [0.2, 0.25) is 0 Å². The number of benzene rings is 1. The third-order valence-electron chi connectivity index (χ3n) is 3.39. The Morgan fingerprint density at radius 1 is 1.47 bits per heavy atom. The van der Waals surface area contributed by atoms with E-state index in [1.54, 1.807) is 7.11 Å². The summed E-state index contributed by atoms with van der Waals surface area (Å²) in [4.78, 5) is 11.3. The summed E-state index contributed by atoms with van der Waals surface area (Å²) >= 11 is 0. The van der Waals surface area contributed by atoms with Crippen LogP contribution in [0.1, 0.15) is 25.3 Å². The number of nitrogen functional groups attached to an aromatic ring is 1. The van der Waals surface area contributed by atoms with Crippen LogP contribution in [0.3, 0.4) is 0 Å². The van der Waals surface area contributed by atoms with E-state index in [0.29, 0.717) is 18.7 Å². The van der Waals surface area contributed by atoms with Gasteiger partial charge in [0.25, 0.3) is 0 Å². The molecule has 1 heterocycles. The first-order valence-electron chi connectivity index (χ1n) is 6.61. The molecule has 1 atom stereocenters. The maximum Gasteiger partial charge on any atom is 0.224 e. The van der Waals surface area contributed by atoms with E-state index in [9.17, 15) is 4.79 Å². The zero-order valence-corrected chi connectivity index (χ0v) is 11.5. The van der Waals surface area contributed by atoms with Crippen molar-refractivity contribution in [2.24, 2.45) is 0 Å². The summed E-state index contributed by atoms with van der Waals surface area (Å²) in [6, 6.07) is 4.10. The SMILES string of the molecule is CCC(COC)Nc1cc2c(cc1N)NC(=O)CC2. The monoisotopic (exact) mass is 263 g/mol. The lowest BCUT2D eigenvalue weighted by molar-refractivity contribution is -0.116. The molecule has 5 nitrogen and oxygen atoms in total. The van der Waals surface area contributed by atoms with Crippen molar-refractivity contribution in [3.8, 4) is 0 Å². The van der Waals surface area contributed by atoms with E-state index in [1.165, 1.54) is 0 Å². The van der Waals surface area contributed by atoms with E-state index < -0.39 is 0 Å². The molecule has 1 aromatic carbocycles. The highest BCUT2D eigenvalue weighted by atomic mass is 16.5. The number of ether oxygens (including phenoxy) is 1. The van der Waals surface area contributed by atoms with Crippen molar-refractivity contribution >= 4 is 23.0 Å². The molecule has 1 aliphatic rings. The number of fused-ring (bicyclic) bond motifs is 1. The Morgan fingerprint density at radius 2 is 2.26 bits per heavy atom. The van der Waals surface area contributed by atoms with Crippen molar-refractivity contribution in [2.45, 2.75) is 32.2 Å². The Labute approximate surface area is 113 Å². The smallest absolute Gasteiger partial charge is 0.224 e. The Kier molecular flexibility index (Phi) is 4.27. The third-order valence-corrected chi connectivity index (χ3v) is 3.39. The summed E-state index contributed by atoms with van der Waals surface area (Å²) < 4.78 is 5.17. The number of methoxy groups -OCH3 is 1. The molecular weight excluding hydrogens is 242 g/mol. The van der Waals surface area contributed by atoms with Gasteiger partial charge in [0.2, 0.25) is 5.91 Å². The van der Waals surface area contributed by atoms with Crippen molar-refractivity contribution in [3.63, 3.8) is 0 Å². The highest BCUT2D eigenvalue weighted by Gasteiger charge is 2.17. The van der Waals surface area contributed by atoms with Gasteiger partial charge >= 0.3 is 0 Å². The van der Waals surface area contributed by atoms with Crippen molar-refractivity contribution < 1.29 is 9.53 Å². The minimum Gasteiger partial charge on any atom is -0.397 e. The molecule has 0 radical (unpaired) electrons. The van der Waals surface area contributed by atoms with Crippen LogP contribution in [0.4, 0.5) is 17.1 Å². The standard InChI is InChI=1S/C14H21N3O2/c1-3-10(8-19-2)16-13-6-9-4-5-14(18)17-12(9)7-11(13)15/h6-7,10,16H,3-5,8,15H2,1-2H3,(H,17,18). The molecule has 0 spiro atoms. The minimum absolute atomic E-state index is 0.0541. The predicted molar refractivity (Wildman–Crippen MR) is 77.4 cm³/mol. The molecule has 4 N–H and O–H groups in total. The molecule has 5 heteroatoms. The highest BCUT2D eigenvalue weighted by Crippen LogP contribution is 2.31. The van der Waals surface area contributed by atoms with Crippen LogP contribution < -0.4 is 16.4 Å². The highest BCUT2D eigenvalue weighted by molar-refractivity contribution is 5.95. The van der Waals surface area contributed by atoms with Crippen LogP contribution in [-0.2, 0) is 16.0 Å². The fraction of sp³-hybridized carbons (Fsp3) is 0.500.